The van der Waals surface area contributed by atoms with E-state index in [2.05, 4.69) is 28.6 Å². The van der Waals surface area contributed by atoms with Crippen molar-refractivity contribution in [2.45, 2.75) is 38.4 Å². The molecule has 24 heavy (non-hydrogen) atoms. The smallest absolute Gasteiger partial charge is 0.233 e. The van der Waals surface area contributed by atoms with Crippen molar-refractivity contribution in [2.24, 2.45) is 5.92 Å². The predicted molar refractivity (Wildman–Crippen MR) is 96.8 cm³/mol. The van der Waals surface area contributed by atoms with E-state index in [4.69, 9.17) is 0 Å². The fourth-order valence-corrected chi connectivity index (χ4v) is 4.02. The van der Waals surface area contributed by atoms with E-state index in [9.17, 15) is 4.79 Å². The maximum atomic E-state index is 12.4. The van der Waals surface area contributed by atoms with E-state index in [1.807, 2.05) is 35.2 Å². The highest BCUT2D eigenvalue weighted by atomic mass is 32.2. The van der Waals surface area contributed by atoms with E-state index in [1.54, 1.807) is 0 Å². The lowest BCUT2D eigenvalue weighted by molar-refractivity contribution is -0.130. The van der Waals surface area contributed by atoms with Crippen LogP contribution in [0, 0.1) is 5.92 Å². The van der Waals surface area contributed by atoms with Crippen molar-refractivity contribution in [2.75, 3.05) is 18.8 Å². The summed E-state index contributed by atoms with van der Waals surface area (Å²) < 4.78 is 2.08. The van der Waals surface area contributed by atoms with Gasteiger partial charge >= 0.3 is 0 Å². The summed E-state index contributed by atoms with van der Waals surface area (Å²) in [6.07, 6.45) is 2.34. The minimum absolute atomic E-state index is 0.207. The first-order valence-corrected chi connectivity index (χ1v) is 9.56. The number of benzene rings is 1. The van der Waals surface area contributed by atoms with E-state index < -0.39 is 0 Å². The molecule has 1 aromatic carbocycles. The zero-order valence-corrected chi connectivity index (χ0v) is 15.1. The molecule has 0 aliphatic carbocycles. The van der Waals surface area contributed by atoms with Gasteiger partial charge in [-0.2, -0.15) is 0 Å². The molecule has 1 fully saturated rings. The van der Waals surface area contributed by atoms with Crippen molar-refractivity contribution in [3.8, 4) is 11.4 Å². The van der Waals surface area contributed by atoms with Crippen LogP contribution in [0.4, 0.5) is 0 Å². The van der Waals surface area contributed by atoms with Gasteiger partial charge in [0, 0.05) is 25.2 Å². The van der Waals surface area contributed by atoms with Crippen LogP contribution in [0.5, 0.6) is 0 Å². The van der Waals surface area contributed by atoms with Crippen molar-refractivity contribution in [3.63, 3.8) is 0 Å². The van der Waals surface area contributed by atoms with Gasteiger partial charge in [-0.05, 0) is 25.7 Å². The molecule has 1 aliphatic heterocycles. The van der Waals surface area contributed by atoms with Gasteiger partial charge in [0.2, 0.25) is 5.91 Å². The molecular formula is C18H24N4OS. The van der Waals surface area contributed by atoms with E-state index in [0.717, 1.165) is 42.6 Å². The quantitative estimate of drug-likeness (QED) is 0.781. The molecule has 1 saturated heterocycles. The second-order valence-electron chi connectivity index (χ2n) is 6.29. The SMILES string of the molecule is CCn1c(SCC(=O)N2CCC[C@H](C)C2)nnc1-c1ccccc1. The molecule has 5 nitrogen and oxygen atoms in total. The molecule has 2 heterocycles. The van der Waals surface area contributed by atoms with Crippen LogP contribution >= 0.6 is 11.8 Å². The number of nitrogens with zero attached hydrogens (tertiary/aromatic N) is 4. The first-order valence-electron chi connectivity index (χ1n) is 8.58. The molecule has 128 valence electrons. The molecule has 0 radical (unpaired) electrons. The highest BCUT2D eigenvalue weighted by Gasteiger charge is 2.22. The van der Waals surface area contributed by atoms with Crippen molar-refractivity contribution in [1.82, 2.24) is 19.7 Å². The summed E-state index contributed by atoms with van der Waals surface area (Å²) in [5, 5.41) is 9.44. The van der Waals surface area contributed by atoms with Crippen LogP contribution in [0.2, 0.25) is 0 Å². The molecule has 0 saturated carbocycles. The Hall–Kier alpha value is -1.82. The first kappa shape index (κ1) is 17.0. The van der Waals surface area contributed by atoms with Crippen molar-refractivity contribution in [3.05, 3.63) is 30.3 Å². The van der Waals surface area contributed by atoms with E-state index in [-0.39, 0.29) is 5.91 Å². The number of rotatable bonds is 5. The zero-order chi connectivity index (χ0) is 16.9. The number of likely N-dealkylation sites (tertiary alicyclic amines) is 1. The van der Waals surface area contributed by atoms with Gasteiger partial charge in [-0.15, -0.1) is 10.2 Å². The Bertz CT molecular complexity index is 686. The van der Waals surface area contributed by atoms with Crippen LogP contribution in [-0.2, 0) is 11.3 Å². The normalized spacial score (nSPS) is 17.9. The molecule has 6 heteroatoms. The van der Waals surface area contributed by atoms with Crippen molar-refractivity contribution >= 4 is 17.7 Å². The van der Waals surface area contributed by atoms with Crippen molar-refractivity contribution < 1.29 is 4.79 Å². The monoisotopic (exact) mass is 344 g/mol. The van der Waals surface area contributed by atoms with Crippen LogP contribution in [0.25, 0.3) is 11.4 Å². The van der Waals surface area contributed by atoms with Gasteiger partial charge < -0.3 is 9.47 Å². The molecule has 1 atom stereocenters. The Morgan fingerprint density at radius 2 is 2.08 bits per heavy atom. The first-order chi connectivity index (χ1) is 11.7. The molecule has 0 unspecified atom stereocenters. The Labute approximate surface area is 147 Å². The van der Waals surface area contributed by atoms with Gasteiger partial charge in [0.25, 0.3) is 0 Å². The number of piperidine rings is 1. The summed E-state index contributed by atoms with van der Waals surface area (Å²) >= 11 is 1.49. The molecule has 0 bridgehead atoms. The van der Waals surface area contributed by atoms with Crippen LogP contribution in [0.1, 0.15) is 26.7 Å². The number of hydrogen-bond acceptors (Lipinski definition) is 4. The van der Waals surface area contributed by atoms with Crippen LogP contribution in [-0.4, -0.2) is 44.4 Å². The average molecular weight is 344 g/mol. The van der Waals surface area contributed by atoms with E-state index in [1.165, 1.54) is 18.2 Å². The van der Waals surface area contributed by atoms with Crippen LogP contribution in [0.3, 0.4) is 0 Å². The lowest BCUT2D eigenvalue weighted by Gasteiger charge is -2.30. The van der Waals surface area contributed by atoms with Gasteiger partial charge in [0.15, 0.2) is 11.0 Å². The second kappa shape index (κ2) is 7.83. The van der Waals surface area contributed by atoms with Gasteiger partial charge in [0.05, 0.1) is 5.75 Å². The maximum absolute atomic E-state index is 12.4. The number of amides is 1. The van der Waals surface area contributed by atoms with Gasteiger partial charge in [-0.25, -0.2) is 0 Å². The summed E-state index contributed by atoms with van der Waals surface area (Å²) in [5.74, 6) is 2.11. The van der Waals surface area contributed by atoms with E-state index in [0.29, 0.717) is 11.7 Å². The Morgan fingerprint density at radius 1 is 1.29 bits per heavy atom. The summed E-state index contributed by atoms with van der Waals surface area (Å²) in [6.45, 7) is 6.85. The highest BCUT2D eigenvalue weighted by molar-refractivity contribution is 7.99. The molecule has 3 rings (SSSR count). The molecule has 2 aromatic rings. The van der Waals surface area contributed by atoms with Crippen LogP contribution in [0.15, 0.2) is 35.5 Å². The minimum atomic E-state index is 0.207. The lowest BCUT2D eigenvalue weighted by atomic mass is 10.0. The predicted octanol–water partition coefficient (Wildman–Crippen LogP) is 3.32. The standard InChI is InChI=1S/C18H24N4OS/c1-3-22-17(15-9-5-4-6-10-15)19-20-18(22)24-13-16(23)21-11-7-8-14(2)12-21/h4-6,9-10,14H,3,7-8,11-13H2,1-2H3/t14-/m0/s1. The highest BCUT2D eigenvalue weighted by Crippen LogP contribution is 2.24. The van der Waals surface area contributed by atoms with E-state index >= 15 is 0 Å². The molecule has 1 aromatic heterocycles. The molecular weight excluding hydrogens is 320 g/mol. The summed E-state index contributed by atoms with van der Waals surface area (Å²) in [7, 11) is 0. The van der Waals surface area contributed by atoms with Gasteiger partial charge in [-0.1, -0.05) is 49.0 Å². The number of carbonyl (C=O) groups is 1. The van der Waals surface area contributed by atoms with Crippen LogP contribution < -0.4 is 0 Å². The third-order valence-electron chi connectivity index (χ3n) is 4.40. The molecule has 0 N–H and O–H groups in total. The summed E-state index contributed by atoms with van der Waals surface area (Å²) in [4.78, 5) is 14.4. The topological polar surface area (TPSA) is 51.0 Å². The van der Waals surface area contributed by atoms with Gasteiger partial charge in [-0.3, -0.25) is 4.79 Å². The molecule has 0 spiro atoms. The van der Waals surface area contributed by atoms with Gasteiger partial charge in [0.1, 0.15) is 0 Å². The lowest BCUT2D eigenvalue weighted by Crippen LogP contribution is -2.40. The Balaban J connectivity index is 1.67. The Kier molecular flexibility index (Phi) is 5.56. The minimum Gasteiger partial charge on any atom is -0.342 e. The fraction of sp³-hybridized carbons (Fsp3) is 0.500. The molecule has 1 aliphatic rings. The second-order valence-corrected chi connectivity index (χ2v) is 7.23. The fourth-order valence-electron chi connectivity index (χ4n) is 3.11. The zero-order valence-electron chi connectivity index (χ0n) is 14.3. The number of carbonyl (C=O) groups excluding carboxylic acids is 1. The average Bonchev–Trinajstić information content (AvgIpc) is 3.03. The van der Waals surface area contributed by atoms with Crippen molar-refractivity contribution in [1.29, 1.82) is 0 Å². The summed E-state index contributed by atoms with van der Waals surface area (Å²) in [6, 6.07) is 10.1. The summed E-state index contributed by atoms with van der Waals surface area (Å²) in [5.41, 5.74) is 1.05. The largest absolute Gasteiger partial charge is 0.342 e. The number of hydrogen-bond donors (Lipinski definition) is 0. The molecule has 1 amide bonds. The number of thioether (sulfide) groups is 1. The Morgan fingerprint density at radius 3 is 2.79 bits per heavy atom. The third-order valence-corrected chi connectivity index (χ3v) is 5.35. The number of aromatic nitrogens is 3. The third kappa shape index (κ3) is 3.80. The maximum Gasteiger partial charge on any atom is 0.233 e.